The number of nitrogens with zero attached hydrogens (tertiary/aromatic N) is 1. The van der Waals surface area contributed by atoms with Gasteiger partial charge in [-0.3, -0.25) is 14.9 Å². The van der Waals surface area contributed by atoms with Crippen LogP contribution in [0.2, 0.25) is 0 Å². The minimum Gasteiger partial charge on any atom is -0.444 e. The van der Waals surface area contributed by atoms with Crippen molar-refractivity contribution >= 4 is 17.7 Å². The fourth-order valence-electron chi connectivity index (χ4n) is 1.43. The van der Waals surface area contributed by atoms with Crippen molar-refractivity contribution in [3.8, 4) is 0 Å². The van der Waals surface area contributed by atoms with Crippen molar-refractivity contribution in [1.82, 2.24) is 5.06 Å². The lowest BCUT2D eigenvalue weighted by atomic mass is 10.2. The molecule has 0 spiro atoms. The van der Waals surface area contributed by atoms with Gasteiger partial charge in [0.1, 0.15) is 11.4 Å². The highest BCUT2D eigenvalue weighted by molar-refractivity contribution is 5.94. The zero-order chi connectivity index (χ0) is 16.2. The number of hydrogen-bond donors (Lipinski definition) is 1. The Kier molecular flexibility index (Phi) is 5.26. The van der Waals surface area contributed by atoms with Gasteiger partial charge in [0.15, 0.2) is 0 Å². The lowest BCUT2D eigenvalue weighted by molar-refractivity contribution is -0.0757. The third-order valence-corrected chi connectivity index (χ3v) is 2.41. The molecule has 0 aliphatic rings. The molecule has 116 valence electrons. The first-order valence-electron chi connectivity index (χ1n) is 6.26. The smallest absolute Gasteiger partial charge is 0.412 e. The van der Waals surface area contributed by atoms with Gasteiger partial charge in [-0.2, -0.15) is 0 Å². The standard InChI is InChI=1S/C14H19FN2O4/c1-14(2,3)21-13(19)16-11-7-6-9(8-10(11)15)12(18)17(4)20-5/h6-8H,1-5H3,(H,16,19). The molecule has 7 heteroatoms. The Morgan fingerprint density at radius 3 is 2.38 bits per heavy atom. The molecule has 6 nitrogen and oxygen atoms in total. The first-order valence-corrected chi connectivity index (χ1v) is 6.26. The van der Waals surface area contributed by atoms with E-state index < -0.39 is 23.4 Å². The number of amides is 2. The highest BCUT2D eigenvalue weighted by Crippen LogP contribution is 2.18. The zero-order valence-electron chi connectivity index (χ0n) is 12.7. The summed E-state index contributed by atoms with van der Waals surface area (Å²) in [6, 6.07) is 3.69. The van der Waals surface area contributed by atoms with Crippen molar-refractivity contribution in [3.63, 3.8) is 0 Å². The zero-order valence-corrected chi connectivity index (χ0v) is 12.7. The Labute approximate surface area is 122 Å². The van der Waals surface area contributed by atoms with E-state index in [1.807, 2.05) is 0 Å². The Morgan fingerprint density at radius 1 is 1.29 bits per heavy atom. The average Bonchev–Trinajstić information content (AvgIpc) is 2.37. The van der Waals surface area contributed by atoms with Crippen LogP contribution in [0.25, 0.3) is 0 Å². The van der Waals surface area contributed by atoms with E-state index in [4.69, 9.17) is 9.57 Å². The van der Waals surface area contributed by atoms with Gasteiger partial charge in [-0.05, 0) is 39.0 Å². The molecular formula is C14H19FN2O4. The van der Waals surface area contributed by atoms with E-state index in [9.17, 15) is 14.0 Å². The number of nitrogens with one attached hydrogen (secondary N) is 1. The Bertz CT molecular complexity index is 540. The molecule has 1 N–H and O–H groups in total. The van der Waals surface area contributed by atoms with E-state index in [1.165, 1.54) is 26.3 Å². The molecule has 0 saturated heterocycles. The molecule has 1 aromatic rings. The highest BCUT2D eigenvalue weighted by Gasteiger charge is 2.18. The second kappa shape index (κ2) is 6.53. The largest absolute Gasteiger partial charge is 0.444 e. The third kappa shape index (κ3) is 5.03. The van der Waals surface area contributed by atoms with Gasteiger partial charge in [-0.25, -0.2) is 14.2 Å². The first kappa shape index (κ1) is 16.9. The summed E-state index contributed by atoms with van der Waals surface area (Å²) in [5.41, 5.74) is -0.648. The van der Waals surface area contributed by atoms with Gasteiger partial charge in [0.05, 0.1) is 12.8 Å². The molecule has 0 saturated carbocycles. The summed E-state index contributed by atoms with van der Waals surface area (Å²) in [5.74, 6) is -1.24. The molecule has 0 heterocycles. The minimum atomic E-state index is -0.769. The van der Waals surface area contributed by atoms with Crippen molar-refractivity contribution in [2.75, 3.05) is 19.5 Å². The van der Waals surface area contributed by atoms with Crippen LogP contribution in [0.1, 0.15) is 31.1 Å². The number of halogens is 1. The van der Waals surface area contributed by atoms with Crippen LogP contribution in [0.5, 0.6) is 0 Å². The second-order valence-corrected chi connectivity index (χ2v) is 5.31. The van der Waals surface area contributed by atoms with Crippen molar-refractivity contribution in [3.05, 3.63) is 29.6 Å². The van der Waals surface area contributed by atoms with Gasteiger partial charge in [-0.15, -0.1) is 0 Å². The molecule has 2 amide bonds. The van der Waals surface area contributed by atoms with Crippen LogP contribution < -0.4 is 5.32 Å². The summed E-state index contributed by atoms with van der Waals surface area (Å²) < 4.78 is 18.9. The summed E-state index contributed by atoms with van der Waals surface area (Å²) in [5, 5.41) is 3.25. The third-order valence-electron chi connectivity index (χ3n) is 2.41. The summed E-state index contributed by atoms with van der Waals surface area (Å²) in [6.07, 6.45) is -0.769. The molecule has 0 bridgehead atoms. The van der Waals surface area contributed by atoms with Gasteiger partial charge >= 0.3 is 6.09 Å². The second-order valence-electron chi connectivity index (χ2n) is 5.31. The molecule has 1 aromatic carbocycles. The molecular weight excluding hydrogens is 279 g/mol. The minimum absolute atomic E-state index is 0.0686. The average molecular weight is 298 g/mol. The Hall–Kier alpha value is -2.15. The molecule has 1 rings (SSSR count). The van der Waals surface area contributed by atoms with Crippen LogP contribution in [-0.2, 0) is 9.57 Å². The van der Waals surface area contributed by atoms with E-state index in [0.29, 0.717) is 0 Å². The van der Waals surface area contributed by atoms with E-state index in [-0.39, 0.29) is 11.3 Å². The van der Waals surface area contributed by atoms with Crippen LogP contribution in [0.4, 0.5) is 14.9 Å². The van der Waals surface area contributed by atoms with Crippen molar-refractivity contribution < 1.29 is 23.6 Å². The van der Waals surface area contributed by atoms with Gasteiger partial charge in [0.2, 0.25) is 0 Å². The lowest BCUT2D eigenvalue weighted by Gasteiger charge is -2.20. The summed E-state index contributed by atoms with van der Waals surface area (Å²) in [7, 11) is 2.74. The predicted octanol–water partition coefficient (Wildman–Crippen LogP) is 2.81. The topological polar surface area (TPSA) is 67.9 Å². The molecule has 0 aliphatic carbocycles. The summed E-state index contributed by atoms with van der Waals surface area (Å²) in [6.45, 7) is 5.10. The quantitative estimate of drug-likeness (QED) is 0.871. The van der Waals surface area contributed by atoms with Crippen molar-refractivity contribution in [1.29, 1.82) is 0 Å². The van der Waals surface area contributed by atoms with Crippen LogP contribution in [-0.4, -0.2) is 36.8 Å². The number of carbonyl (C=O) groups is 2. The van der Waals surface area contributed by atoms with E-state index in [2.05, 4.69) is 5.32 Å². The van der Waals surface area contributed by atoms with Gasteiger partial charge in [0, 0.05) is 12.6 Å². The monoisotopic (exact) mass is 298 g/mol. The Balaban J connectivity index is 2.84. The van der Waals surface area contributed by atoms with Crippen LogP contribution in [0.3, 0.4) is 0 Å². The number of rotatable bonds is 3. The predicted molar refractivity (Wildman–Crippen MR) is 75.4 cm³/mol. The first-order chi connectivity index (χ1) is 9.64. The molecule has 0 atom stereocenters. The number of benzene rings is 1. The van der Waals surface area contributed by atoms with E-state index in [0.717, 1.165) is 11.1 Å². The maximum absolute atomic E-state index is 13.9. The molecule has 0 fully saturated rings. The maximum Gasteiger partial charge on any atom is 0.412 e. The van der Waals surface area contributed by atoms with Crippen molar-refractivity contribution in [2.24, 2.45) is 0 Å². The summed E-state index contributed by atoms with van der Waals surface area (Å²) >= 11 is 0. The molecule has 0 aliphatic heterocycles. The lowest BCUT2D eigenvalue weighted by Crippen LogP contribution is -2.28. The van der Waals surface area contributed by atoms with Crippen LogP contribution in [0, 0.1) is 5.82 Å². The van der Waals surface area contributed by atoms with Crippen molar-refractivity contribution in [2.45, 2.75) is 26.4 Å². The van der Waals surface area contributed by atoms with E-state index in [1.54, 1.807) is 20.8 Å². The Morgan fingerprint density at radius 2 is 1.90 bits per heavy atom. The molecule has 0 unspecified atom stereocenters. The normalized spacial score (nSPS) is 11.0. The van der Waals surface area contributed by atoms with Crippen LogP contribution >= 0.6 is 0 Å². The number of ether oxygens (including phenoxy) is 1. The van der Waals surface area contributed by atoms with Crippen LogP contribution in [0.15, 0.2) is 18.2 Å². The number of carbonyl (C=O) groups excluding carboxylic acids is 2. The number of hydrogen-bond acceptors (Lipinski definition) is 4. The molecule has 0 radical (unpaired) electrons. The number of anilines is 1. The fourth-order valence-corrected chi connectivity index (χ4v) is 1.43. The van der Waals surface area contributed by atoms with Gasteiger partial charge in [0.25, 0.3) is 5.91 Å². The van der Waals surface area contributed by atoms with E-state index >= 15 is 0 Å². The van der Waals surface area contributed by atoms with Gasteiger partial charge in [-0.1, -0.05) is 0 Å². The fraction of sp³-hybridized carbons (Fsp3) is 0.429. The highest BCUT2D eigenvalue weighted by atomic mass is 19.1. The SMILES string of the molecule is CON(C)C(=O)c1ccc(NC(=O)OC(C)(C)C)c(F)c1. The van der Waals surface area contributed by atoms with Gasteiger partial charge < -0.3 is 4.74 Å². The maximum atomic E-state index is 13.9. The molecule has 0 aromatic heterocycles. The molecule has 21 heavy (non-hydrogen) atoms. The number of hydroxylamine groups is 2. The summed E-state index contributed by atoms with van der Waals surface area (Å²) in [4.78, 5) is 28.1.